The highest BCUT2D eigenvalue weighted by atomic mass is 32.2. The number of rotatable bonds is 3. The summed E-state index contributed by atoms with van der Waals surface area (Å²) in [7, 11) is 0. The van der Waals surface area contributed by atoms with E-state index in [0.29, 0.717) is 52.0 Å². The molecule has 4 rings (SSSR count). The van der Waals surface area contributed by atoms with Crippen molar-refractivity contribution in [3.63, 3.8) is 0 Å². The Hall–Kier alpha value is -1.86. The predicted octanol–water partition coefficient (Wildman–Crippen LogP) is 2.42. The molecule has 7 heteroatoms. The van der Waals surface area contributed by atoms with Gasteiger partial charge in [-0.15, -0.1) is 0 Å². The van der Waals surface area contributed by atoms with Gasteiger partial charge in [0, 0.05) is 32.3 Å². The van der Waals surface area contributed by atoms with Gasteiger partial charge in [0.1, 0.15) is 0 Å². The average Bonchev–Trinajstić information content (AvgIpc) is 3.07. The quantitative estimate of drug-likeness (QED) is 0.796. The fourth-order valence-electron chi connectivity index (χ4n) is 4.45. The molecular weight excluding hydrogens is 364 g/mol. The summed E-state index contributed by atoms with van der Waals surface area (Å²) in [6.07, 6.45) is 2.70. The molecule has 0 unspecified atom stereocenters. The number of hydrogen-bond acceptors (Lipinski definition) is 5. The number of amides is 3. The Labute approximate surface area is 163 Å². The summed E-state index contributed by atoms with van der Waals surface area (Å²) in [4.78, 5) is 40.8. The van der Waals surface area contributed by atoms with Crippen LogP contribution in [0.5, 0.6) is 0 Å². The lowest BCUT2D eigenvalue weighted by molar-refractivity contribution is -0.143. The summed E-state index contributed by atoms with van der Waals surface area (Å²) in [6.45, 7) is 2.34. The van der Waals surface area contributed by atoms with Crippen molar-refractivity contribution in [2.75, 3.05) is 32.1 Å². The van der Waals surface area contributed by atoms with Gasteiger partial charge in [0.2, 0.25) is 11.8 Å². The van der Waals surface area contributed by atoms with Crippen LogP contribution < -0.4 is 0 Å². The molecule has 0 spiro atoms. The van der Waals surface area contributed by atoms with Crippen LogP contribution >= 0.6 is 11.8 Å². The van der Waals surface area contributed by atoms with Crippen LogP contribution in [-0.2, 0) is 19.7 Å². The molecule has 3 aliphatic heterocycles. The molecule has 1 aromatic carbocycles. The van der Waals surface area contributed by atoms with E-state index in [9.17, 15) is 14.4 Å². The van der Waals surface area contributed by atoms with Gasteiger partial charge in [0.15, 0.2) is 0 Å². The number of ether oxygens (including phenoxy) is 1. The average molecular weight is 388 g/mol. The second-order valence-corrected chi connectivity index (χ2v) is 8.33. The van der Waals surface area contributed by atoms with Crippen LogP contribution in [0.2, 0.25) is 0 Å². The zero-order valence-electron chi connectivity index (χ0n) is 15.3. The number of imide groups is 1. The van der Waals surface area contributed by atoms with Crippen LogP contribution in [0.15, 0.2) is 30.3 Å². The molecule has 0 aromatic heterocycles. The highest BCUT2D eigenvalue weighted by Crippen LogP contribution is 2.38. The Balaban J connectivity index is 1.49. The second-order valence-electron chi connectivity index (χ2n) is 7.40. The molecule has 3 saturated heterocycles. The smallest absolute Gasteiger partial charge is 0.289 e. The largest absolute Gasteiger partial charge is 0.381 e. The Morgan fingerprint density at radius 2 is 1.74 bits per heavy atom. The molecule has 0 N–H and O–H groups in total. The topological polar surface area (TPSA) is 66.9 Å². The maximum Gasteiger partial charge on any atom is 0.289 e. The summed E-state index contributed by atoms with van der Waals surface area (Å²) in [6, 6.07) is 9.92. The third-order valence-corrected chi connectivity index (χ3v) is 6.82. The minimum absolute atomic E-state index is 0.0774. The van der Waals surface area contributed by atoms with Crippen LogP contribution in [0, 0.1) is 0 Å². The molecule has 27 heavy (non-hydrogen) atoms. The predicted molar refractivity (Wildman–Crippen MR) is 102 cm³/mol. The maximum absolute atomic E-state index is 13.6. The highest BCUT2D eigenvalue weighted by Gasteiger charge is 2.45. The lowest BCUT2D eigenvalue weighted by atomic mass is 9.72. The molecule has 3 amide bonds. The molecule has 0 atom stereocenters. The molecule has 0 radical (unpaired) electrons. The summed E-state index contributed by atoms with van der Waals surface area (Å²) in [5, 5.41) is -0.144. The van der Waals surface area contributed by atoms with E-state index in [0.717, 1.165) is 17.3 Å². The Kier molecular flexibility index (Phi) is 5.23. The van der Waals surface area contributed by atoms with E-state index < -0.39 is 5.41 Å². The minimum atomic E-state index is -0.526. The molecule has 0 saturated carbocycles. The maximum atomic E-state index is 13.6. The monoisotopic (exact) mass is 388 g/mol. The first-order chi connectivity index (χ1) is 13.1. The van der Waals surface area contributed by atoms with Crippen molar-refractivity contribution >= 4 is 28.8 Å². The van der Waals surface area contributed by atoms with E-state index in [1.165, 1.54) is 4.90 Å². The zero-order chi connectivity index (χ0) is 18.9. The molecule has 0 aliphatic carbocycles. The molecule has 3 heterocycles. The molecule has 144 valence electrons. The molecule has 1 aromatic rings. The Morgan fingerprint density at radius 3 is 2.33 bits per heavy atom. The van der Waals surface area contributed by atoms with Gasteiger partial charge >= 0.3 is 0 Å². The molecule has 6 nitrogen and oxygen atoms in total. The lowest BCUT2D eigenvalue weighted by Crippen LogP contribution is -2.54. The standard InChI is InChI=1S/C20H24N2O4S/c23-17-14-27-19(25)22(17)16-6-10-21(11-7-16)18(24)20(8-12-26-13-9-20)15-4-2-1-3-5-15/h1-5,16H,6-14H2. The number of carbonyl (C=O) groups is 3. The van der Waals surface area contributed by atoms with Gasteiger partial charge in [-0.25, -0.2) is 0 Å². The molecule has 0 bridgehead atoms. The van der Waals surface area contributed by atoms with E-state index in [4.69, 9.17) is 4.74 Å². The Morgan fingerprint density at radius 1 is 1.07 bits per heavy atom. The summed E-state index contributed by atoms with van der Waals surface area (Å²) in [5.74, 6) is 0.304. The van der Waals surface area contributed by atoms with E-state index in [1.807, 2.05) is 35.2 Å². The summed E-state index contributed by atoms with van der Waals surface area (Å²) >= 11 is 1.08. The fourth-order valence-corrected chi connectivity index (χ4v) is 5.23. The van der Waals surface area contributed by atoms with Crippen LogP contribution in [0.25, 0.3) is 0 Å². The van der Waals surface area contributed by atoms with Gasteiger partial charge in [-0.05, 0) is 31.2 Å². The van der Waals surface area contributed by atoms with Crippen molar-refractivity contribution < 1.29 is 19.1 Å². The van der Waals surface area contributed by atoms with Gasteiger partial charge in [0.25, 0.3) is 5.24 Å². The van der Waals surface area contributed by atoms with Gasteiger partial charge in [-0.3, -0.25) is 19.3 Å². The summed E-state index contributed by atoms with van der Waals surface area (Å²) < 4.78 is 5.54. The number of nitrogens with zero attached hydrogens (tertiary/aromatic N) is 2. The van der Waals surface area contributed by atoms with Crippen LogP contribution in [0.3, 0.4) is 0 Å². The van der Waals surface area contributed by atoms with Crippen molar-refractivity contribution in [2.45, 2.75) is 37.1 Å². The van der Waals surface area contributed by atoms with E-state index in [2.05, 4.69) is 0 Å². The lowest BCUT2D eigenvalue weighted by Gasteiger charge is -2.43. The third-order valence-electron chi connectivity index (χ3n) is 5.98. The van der Waals surface area contributed by atoms with Gasteiger partial charge in [-0.1, -0.05) is 42.1 Å². The van der Waals surface area contributed by atoms with Gasteiger partial charge in [-0.2, -0.15) is 0 Å². The number of thioether (sulfide) groups is 1. The van der Waals surface area contributed by atoms with E-state index >= 15 is 0 Å². The molecular formula is C20H24N2O4S. The van der Waals surface area contributed by atoms with Crippen molar-refractivity contribution in [3.05, 3.63) is 35.9 Å². The second kappa shape index (κ2) is 7.64. The zero-order valence-corrected chi connectivity index (χ0v) is 16.1. The molecule has 3 fully saturated rings. The van der Waals surface area contributed by atoms with Crippen molar-refractivity contribution in [3.8, 4) is 0 Å². The molecule has 3 aliphatic rings. The number of benzene rings is 1. The van der Waals surface area contributed by atoms with Crippen molar-refractivity contribution in [1.82, 2.24) is 9.80 Å². The number of piperidine rings is 1. The van der Waals surface area contributed by atoms with Crippen molar-refractivity contribution in [2.24, 2.45) is 0 Å². The third kappa shape index (κ3) is 3.38. The minimum Gasteiger partial charge on any atom is -0.381 e. The number of likely N-dealkylation sites (tertiary alicyclic amines) is 1. The normalized spacial score (nSPS) is 23.7. The number of hydrogen-bond donors (Lipinski definition) is 0. The van der Waals surface area contributed by atoms with Crippen LogP contribution in [0.1, 0.15) is 31.2 Å². The first-order valence-corrected chi connectivity index (χ1v) is 10.5. The van der Waals surface area contributed by atoms with E-state index in [1.54, 1.807) is 0 Å². The van der Waals surface area contributed by atoms with E-state index in [-0.39, 0.29) is 28.8 Å². The SMILES string of the molecule is O=C1CSC(=O)N1C1CCN(C(=O)C2(c3ccccc3)CCOCC2)CC1. The van der Waals surface area contributed by atoms with Gasteiger partial charge in [0.05, 0.1) is 11.2 Å². The van der Waals surface area contributed by atoms with Crippen LogP contribution in [-0.4, -0.2) is 65.0 Å². The highest BCUT2D eigenvalue weighted by molar-refractivity contribution is 8.14. The first kappa shape index (κ1) is 18.5. The fraction of sp³-hybridized carbons (Fsp3) is 0.550. The van der Waals surface area contributed by atoms with Gasteiger partial charge < -0.3 is 9.64 Å². The summed E-state index contributed by atoms with van der Waals surface area (Å²) in [5.41, 5.74) is 0.531. The number of carbonyl (C=O) groups excluding carboxylic acids is 3. The first-order valence-electron chi connectivity index (χ1n) is 9.53. The Bertz CT molecular complexity index is 709. The van der Waals surface area contributed by atoms with Crippen LogP contribution in [0.4, 0.5) is 4.79 Å². The van der Waals surface area contributed by atoms with Crippen molar-refractivity contribution in [1.29, 1.82) is 0 Å².